The number of aliphatic hydroxyl groups excluding tert-OH is 1. The molecule has 0 unspecified atom stereocenters. The quantitative estimate of drug-likeness (QED) is 0.820. The predicted molar refractivity (Wildman–Crippen MR) is 78.0 cm³/mol. The van der Waals surface area contributed by atoms with Gasteiger partial charge in [0.1, 0.15) is 0 Å². The summed E-state index contributed by atoms with van der Waals surface area (Å²) >= 11 is 0. The molecule has 2 atom stereocenters. The van der Waals surface area contributed by atoms with Crippen LogP contribution in [0.25, 0.3) is 0 Å². The lowest BCUT2D eigenvalue weighted by Gasteiger charge is -2.28. The average molecular weight is 295 g/mol. The zero-order chi connectivity index (χ0) is 14.7. The molecule has 118 valence electrons. The Morgan fingerprint density at radius 2 is 2.48 bits per heavy atom. The molecule has 0 bridgehead atoms. The second kappa shape index (κ2) is 6.87. The molecule has 1 saturated heterocycles. The highest BCUT2D eigenvalue weighted by atomic mass is 16.5. The normalized spacial score (nSPS) is 24.2. The molecule has 0 radical (unpaired) electrons. The second-order valence-electron chi connectivity index (χ2n) is 6.06. The van der Waals surface area contributed by atoms with Gasteiger partial charge in [0.25, 0.3) is 0 Å². The van der Waals surface area contributed by atoms with Crippen molar-refractivity contribution in [3.63, 3.8) is 0 Å². The number of rotatable bonds is 6. The first kappa shape index (κ1) is 15.0. The smallest absolute Gasteiger partial charge is 0.0949 e. The first-order valence-electron chi connectivity index (χ1n) is 7.81. The number of aryl methyl sites for hydroxylation is 1. The number of imidazole rings is 1. The summed E-state index contributed by atoms with van der Waals surface area (Å²) < 4.78 is 13.2. The molecule has 0 spiro atoms. The van der Waals surface area contributed by atoms with Crippen LogP contribution in [0.4, 0.5) is 0 Å². The molecule has 0 saturated carbocycles. The fourth-order valence-corrected chi connectivity index (χ4v) is 3.13. The van der Waals surface area contributed by atoms with Gasteiger partial charge in [-0.05, 0) is 12.8 Å². The van der Waals surface area contributed by atoms with E-state index in [1.165, 1.54) is 5.69 Å². The van der Waals surface area contributed by atoms with Gasteiger partial charge in [-0.1, -0.05) is 0 Å². The monoisotopic (exact) mass is 295 g/mol. The van der Waals surface area contributed by atoms with Gasteiger partial charge in [0, 0.05) is 45.4 Å². The summed E-state index contributed by atoms with van der Waals surface area (Å²) in [5, 5.41) is 10.1. The summed E-state index contributed by atoms with van der Waals surface area (Å²) in [5.41, 5.74) is 2.45. The number of aromatic nitrogens is 2. The highest BCUT2D eigenvalue weighted by Gasteiger charge is 2.22. The van der Waals surface area contributed by atoms with Crippen molar-refractivity contribution in [2.24, 2.45) is 7.05 Å². The van der Waals surface area contributed by atoms with Crippen molar-refractivity contribution >= 4 is 0 Å². The standard InChI is InChI=1S/C15H25N3O3/c1-17-11-16-14-8-18(5-4-15(14)17)7-12(19)9-20-10-13-3-2-6-21-13/h11-13,19H,2-10H2,1H3/t12-,13+/m0/s1. The molecule has 2 aliphatic rings. The lowest BCUT2D eigenvalue weighted by molar-refractivity contribution is -0.0262. The van der Waals surface area contributed by atoms with Crippen LogP contribution in [-0.2, 0) is 29.5 Å². The zero-order valence-corrected chi connectivity index (χ0v) is 12.7. The van der Waals surface area contributed by atoms with Crippen molar-refractivity contribution < 1.29 is 14.6 Å². The number of fused-ring (bicyclic) bond motifs is 1. The van der Waals surface area contributed by atoms with Gasteiger partial charge in [-0.15, -0.1) is 0 Å². The van der Waals surface area contributed by atoms with Gasteiger partial charge in [0.15, 0.2) is 0 Å². The molecule has 1 aromatic heterocycles. The molecular formula is C15H25N3O3. The van der Waals surface area contributed by atoms with Crippen LogP contribution in [0.15, 0.2) is 6.33 Å². The highest BCUT2D eigenvalue weighted by Crippen LogP contribution is 2.17. The van der Waals surface area contributed by atoms with Crippen molar-refractivity contribution in [3.05, 3.63) is 17.7 Å². The summed E-state index contributed by atoms with van der Waals surface area (Å²) in [4.78, 5) is 6.67. The van der Waals surface area contributed by atoms with Crippen LogP contribution >= 0.6 is 0 Å². The minimum absolute atomic E-state index is 0.225. The molecule has 21 heavy (non-hydrogen) atoms. The SMILES string of the molecule is Cn1cnc2c1CCN(C[C@H](O)COC[C@H]1CCCO1)C2. The predicted octanol–water partition coefficient (Wildman–Crippen LogP) is 0.335. The Bertz CT molecular complexity index is 457. The van der Waals surface area contributed by atoms with Crippen LogP contribution in [0.3, 0.4) is 0 Å². The van der Waals surface area contributed by atoms with E-state index in [1.54, 1.807) is 0 Å². The lowest BCUT2D eigenvalue weighted by Crippen LogP contribution is -2.39. The number of ether oxygens (including phenoxy) is 2. The van der Waals surface area contributed by atoms with E-state index in [1.807, 2.05) is 13.4 Å². The minimum Gasteiger partial charge on any atom is -0.389 e. The second-order valence-corrected chi connectivity index (χ2v) is 6.06. The molecule has 3 heterocycles. The lowest BCUT2D eigenvalue weighted by atomic mass is 10.1. The largest absolute Gasteiger partial charge is 0.389 e. The third-order valence-electron chi connectivity index (χ3n) is 4.29. The fourth-order valence-electron chi connectivity index (χ4n) is 3.13. The molecule has 0 aromatic carbocycles. The summed E-state index contributed by atoms with van der Waals surface area (Å²) in [5.74, 6) is 0. The molecule has 2 aliphatic heterocycles. The average Bonchev–Trinajstić information content (AvgIpc) is 3.09. The molecule has 6 heteroatoms. The summed E-state index contributed by atoms with van der Waals surface area (Å²) in [6.07, 6.45) is 4.84. The maximum absolute atomic E-state index is 10.1. The Kier molecular flexibility index (Phi) is 4.90. The summed E-state index contributed by atoms with van der Waals surface area (Å²) in [6.45, 7) is 4.25. The maximum atomic E-state index is 10.1. The third-order valence-corrected chi connectivity index (χ3v) is 4.29. The van der Waals surface area contributed by atoms with Crippen molar-refractivity contribution in [3.8, 4) is 0 Å². The Hall–Kier alpha value is -0.950. The van der Waals surface area contributed by atoms with Crippen molar-refractivity contribution in [2.45, 2.75) is 38.0 Å². The highest BCUT2D eigenvalue weighted by molar-refractivity contribution is 5.16. The van der Waals surface area contributed by atoms with Gasteiger partial charge < -0.3 is 19.1 Å². The number of hydrogen-bond acceptors (Lipinski definition) is 5. The Morgan fingerprint density at radius 3 is 3.29 bits per heavy atom. The van der Waals surface area contributed by atoms with E-state index in [0.29, 0.717) is 19.8 Å². The Balaban J connectivity index is 1.38. The van der Waals surface area contributed by atoms with Gasteiger partial charge in [-0.25, -0.2) is 4.98 Å². The van der Waals surface area contributed by atoms with Gasteiger partial charge >= 0.3 is 0 Å². The van der Waals surface area contributed by atoms with E-state index < -0.39 is 6.10 Å². The molecule has 6 nitrogen and oxygen atoms in total. The first-order chi connectivity index (χ1) is 10.2. The topological polar surface area (TPSA) is 59.8 Å². The molecule has 1 fully saturated rings. The Labute approximate surface area is 125 Å². The van der Waals surface area contributed by atoms with Crippen LogP contribution in [0.1, 0.15) is 24.2 Å². The number of aliphatic hydroxyl groups is 1. The molecule has 0 amide bonds. The van der Waals surface area contributed by atoms with Crippen molar-refractivity contribution in [1.82, 2.24) is 14.5 Å². The minimum atomic E-state index is -0.448. The number of nitrogens with zero attached hydrogens (tertiary/aromatic N) is 3. The summed E-state index contributed by atoms with van der Waals surface area (Å²) in [7, 11) is 2.04. The Morgan fingerprint density at radius 1 is 1.57 bits per heavy atom. The zero-order valence-electron chi connectivity index (χ0n) is 12.7. The van der Waals surface area contributed by atoms with Crippen LogP contribution < -0.4 is 0 Å². The van der Waals surface area contributed by atoms with Gasteiger partial charge in [0.2, 0.25) is 0 Å². The number of hydrogen-bond donors (Lipinski definition) is 1. The van der Waals surface area contributed by atoms with E-state index in [-0.39, 0.29) is 6.10 Å². The van der Waals surface area contributed by atoms with Gasteiger partial charge in [0.05, 0.1) is 37.4 Å². The molecule has 3 rings (SSSR count). The van der Waals surface area contributed by atoms with E-state index in [2.05, 4.69) is 14.5 Å². The van der Waals surface area contributed by atoms with Crippen molar-refractivity contribution in [1.29, 1.82) is 0 Å². The van der Waals surface area contributed by atoms with E-state index in [4.69, 9.17) is 9.47 Å². The van der Waals surface area contributed by atoms with E-state index in [0.717, 1.165) is 44.7 Å². The van der Waals surface area contributed by atoms with Crippen LogP contribution in [0, 0.1) is 0 Å². The van der Waals surface area contributed by atoms with E-state index in [9.17, 15) is 5.11 Å². The van der Waals surface area contributed by atoms with Crippen molar-refractivity contribution in [2.75, 3.05) is 32.9 Å². The molecule has 1 aromatic rings. The van der Waals surface area contributed by atoms with Crippen LogP contribution in [-0.4, -0.2) is 64.7 Å². The van der Waals surface area contributed by atoms with Crippen LogP contribution in [0.2, 0.25) is 0 Å². The molecule has 0 aliphatic carbocycles. The number of β-amino-alcohol motifs (C(OH)–C–C–N with tert-alkyl or cyclic N) is 1. The van der Waals surface area contributed by atoms with Gasteiger partial charge in [-0.3, -0.25) is 4.90 Å². The first-order valence-corrected chi connectivity index (χ1v) is 7.81. The fraction of sp³-hybridized carbons (Fsp3) is 0.800. The summed E-state index contributed by atoms with van der Waals surface area (Å²) in [6, 6.07) is 0. The maximum Gasteiger partial charge on any atom is 0.0949 e. The van der Waals surface area contributed by atoms with E-state index >= 15 is 0 Å². The third kappa shape index (κ3) is 3.83. The van der Waals surface area contributed by atoms with Crippen LogP contribution in [0.5, 0.6) is 0 Å². The molecule has 1 N–H and O–H groups in total. The molecular weight excluding hydrogens is 270 g/mol. The van der Waals surface area contributed by atoms with Gasteiger partial charge in [-0.2, -0.15) is 0 Å².